The van der Waals surface area contributed by atoms with Crippen LogP contribution in [0.5, 0.6) is 0 Å². The number of carbonyl (C=O) groups excluding carboxylic acids is 5. The van der Waals surface area contributed by atoms with Gasteiger partial charge in [0.2, 0.25) is 11.0 Å². The molecule has 1 aromatic rings. The third-order valence-electron chi connectivity index (χ3n) is 6.19. The number of hydrogen-bond donors (Lipinski definition) is 2. The second kappa shape index (κ2) is 14.8. The van der Waals surface area contributed by atoms with Gasteiger partial charge in [-0.15, -0.1) is 22.9 Å². The Morgan fingerprint density at radius 1 is 1.27 bits per heavy atom. The van der Waals surface area contributed by atoms with Crippen molar-refractivity contribution >= 4 is 82.9 Å². The summed E-state index contributed by atoms with van der Waals surface area (Å²) in [5.41, 5.74) is -2.79. The number of thiazole rings is 1. The van der Waals surface area contributed by atoms with E-state index in [0.717, 1.165) is 30.7 Å². The zero-order valence-electron chi connectivity index (χ0n) is 25.9. The zero-order valence-corrected chi connectivity index (χ0v) is 28.3. The van der Waals surface area contributed by atoms with Crippen molar-refractivity contribution in [2.75, 3.05) is 23.6 Å². The lowest BCUT2D eigenvalue weighted by Gasteiger charge is -2.49. The molecule has 0 radical (unpaired) electrons. The molecule has 15 nitrogen and oxygen atoms in total. The maximum absolute atomic E-state index is 13.6. The Morgan fingerprint density at radius 3 is 2.56 bits per heavy atom. The Morgan fingerprint density at radius 2 is 1.96 bits per heavy atom. The number of nitrogens with one attached hydrogen (secondary N) is 2. The van der Waals surface area contributed by atoms with E-state index in [-0.39, 0.29) is 40.3 Å². The molecule has 3 atom stereocenters. The third kappa shape index (κ3) is 8.68. The van der Waals surface area contributed by atoms with Gasteiger partial charge in [-0.05, 0) is 52.2 Å². The smallest absolute Gasteiger partial charge is 0.413 e. The van der Waals surface area contributed by atoms with Crippen molar-refractivity contribution in [3.63, 3.8) is 0 Å². The Labute approximate surface area is 273 Å². The summed E-state index contributed by atoms with van der Waals surface area (Å²) in [4.78, 5) is 74.8. The zero-order chi connectivity index (χ0) is 33.7. The van der Waals surface area contributed by atoms with E-state index in [4.69, 9.17) is 30.6 Å². The largest absolute Gasteiger partial charge is 0.614 e. The molecule has 2 aliphatic rings. The van der Waals surface area contributed by atoms with E-state index in [0.29, 0.717) is 6.42 Å². The predicted octanol–water partition coefficient (Wildman–Crippen LogP) is 1.33. The van der Waals surface area contributed by atoms with Crippen LogP contribution in [0.25, 0.3) is 0 Å². The van der Waals surface area contributed by atoms with E-state index < -0.39 is 69.4 Å². The minimum atomic E-state index is -1.73. The fourth-order valence-electron chi connectivity index (χ4n) is 3.97. The Hall–Kier alpha value is -3.35. The van der Waals surface area contributed by atoms with Gasteiger partial charge in [0.15, 0.2) is 16.9 Å². The molecule has 246 valence electrons. The lowest BCUT2D eigenvalue weighted by atomic mass is 10.0. The minimum absolute atomic E-state index is 0.0544. The molecule has 3 rings (SSSR count). The fourth-order valence-corrected chi connectivity index (χ4v) is 6.67. The molecule has 0 bridgehead atoms. The lowest BCUT2D eigenvalue weighted by Crippen LogP contribution is -2.75. The first kappa shape index (κ1) is 36.1. The molecule has 1 saturated heterocycles. The van der Waals surface area contributed by atoms with Crippen LogP contribution in [0.2, 0.25) is 0 Å². The van der Waals surface area contributed by atoms with Crippen LogP contribution in [-0.2, 0) is 49.3 Å². The van der Waals surface area contributed by atoms with Crippen molar-refractivity contribution in [3.05, 3.63) is 22.3 Å². The molecule has 45 heavy (non-hydrogen) atoms. The SMILES string of the molecule is BOC(=O)C1=C(CCl)C[S+]([O-])[C@@H]2[C@H](NC(=O)/C(=N\OC(C)(C)C(=O)OCCCC)c3csc(NC(=O)OC(C)(C)C)n3)C(=O)N12. The molecule has 0 aromatic carbocycles. The number of halogens is 1. The Balaban J connectivity index is 1.89. The lowest BCUT2D eigenvalue weighted by molar-refractivity contribution is -0.168. The van der Waals surface area contributed by atoms with Crippen LogP contribution < -0.4 is 10.6 Å². The molecule has 0 saturated carbocycles. The van der Waals surface area contributed by atoms with E-state index in [1.54, 1.807) is 20.8 Å². The Kier molecular flexibility index (Phi) is 11.9. The molecule has 2 N–H and O–H groups in total. The highest BCUT2D eigenvalue weighted by Gasteiger charge is 2.61. The number of β-lactam (4-membered cyclic amide) rings is 1. The summed E-state index contributed by atoms with van der Waals surface area (Å²) in [6.45, 7) is 9.94. The fraction of sp³-hybridized carbons (Fsp3) is 0.577. The summed E-state index contributed by atoms with van der Waals surface area (Å²) in [5.74, 6) is -3.53. The molecular weight excluding hydrogens is 653 g/mol. The summed E-state index contributed by atoms with van der Waals surface area (Å²) in [5, 5.41) is 9.21. The minimum Gasteiger partial charge on any atom is -0.614 e. The number of rotatable bonds is 12. The van der Waals surface area contributed by atoms with Gasteiger partial charge in [-0.3, -0.25) is 19.8 Å². The highest BCUT2D eigenvalue weighted by molar-refractivity contribution is 7.92. The quantitative estimate of drug-likeness (QED) is 0.0470. The first-order valence-corrected chi connectivity index (χ1v) is 16.6. The molecule has 0 spiro atoms. The normalized spacial score (nSPS) is 20.1. The summed E-state index contributed by atoms with van der Waals surface area (Å²) in [6.07, 6.45) is 0.650. The van der Waals surface area contributed by atoms with Gasteiger partial charge in [-0.1, -0.05) is 18.5 Å². The van der Waals surface area contributed by atoms with Gasteiger partial charge in [0, 0.05) is 11.0 Å². The number of oxime groups is 1. The van der Waals surface area contributed by atoms with Gasteiger partial charge in [0.05, 0.1) is 12.5 Å². The predicted molar refractivity (Wildman–Crippen MR) is 167 cm³/mol. The number of carbonyl (C=O) groups is 5. The number of esters is 1. The second-order valence-corrected chi connectivity index (χ2v) is 14.0. The summed E-state index contributed by atoms with van der Waals surface area (Å²) in [7, 11) is 1.13. The number of nitrogens with zero attached hydrogens (tertiary/aromatic N) is 3. The van der Waals surface area contributed by atoms with E-state index >= 15 is 0 Å². The highest BCUT2D eigenvalue weighted by Crippen LogP contribution is 2.37. The molecule has 1 unspecified atom stereocenters. The van der Waals surface area contributed by atoms with Gasteiger partial charge >= 0.3 is 26.1 Å². The standard InChI is InChI=1S/C26H35BClN5O10S2/c1-7-8-9-40-22(37)26(5,6)43-32-15(14-11-44-23(29-14)31-24(38)41-25(2,3)4)18(34)30-16-19(35)33-17(21(36)42-27)13(10-28)12-45(39)20(16)33/h11,16,20H,7-10,12,27H2,1-6H3,(H,30,34)(H,29,31,38)/b32-15-/t16-,20-,45?/m1/s1. The monoisotopic (exact) mass is 687 g/mol. The van der Waals surface area contributed by atoms with Crippen LogP contribution in [0.15, 0.2) is 21.8 Å². The molecule has 0 aliphatic carbocycles. The maximum atomic E-state index is 13.6. The molecule has 3 amide bonds. The van der Waals surface area contributed by atoms with Crippen molar-refractivity contribution in [2.24, 2.45) is 5.16 Å². The number of ether oxygens (including phenoxy) is 2. The number of amides is 3. The first-order chi connectivity index (χ1) is 21.0. The van der Waals surface area contributed by atoms with Crippen molar-refractivity contribution < 1.29 is 47.5 Å². The summed E-state index contributed by atoms with van der Waals surface area (Å²) < 4.78 is 28.3. The Bertz CT molecular complexity index is 1400. The molecular formula is C26H35BClN5O10S2. The van der Waals surface area contributed by atoms with Crippen molar-refractivity contribution in [1.82, 2.24) is 15.2 Å². The van der Waals surface area contributed by atoms with Gasteiger partial charge in [0.25, 0.3) is 11.8 Å². The van der Waals surface area contributed by atoms with E-state index in [9.17, 15) is 28.5 Å². The van der Waals surface area contributed by atoms with Crippen LogP contribution in [0.4, 0.5) is 9.93 Å². The molecule has 2 aliphatic heterocycles. The average Bonchev–Trinajstić information content (AvgIpc) is 3.41. The number of hydrogen-bond acceptors (Lipinski definition) is 13. The van der Waals surface area contributed by atoms with Gasteiger partial charge in [-0.2, -0.15) is 0 Å². The van der Waals surface area contributed by atoms with E-state index in [2.05, 4.69) is 20.8 Å². The second-order valence-electron chi connectivity index (χ2n) is 11.3. The number of aromatic nitrogens is 1. The highest BCUT2D eigenvalue weighted by atomic mass is 35.5. The van der Waals surface area contributed by atoms with Crippen LogP contribution in [-0.4, -0.2) is 98.9 Å². The van der Waals surface area contributed by atoms with Crippen LogP contribution in [0.1, 0.15) is 60.1 Å². The summed E-state index contributed by atoms with van der Waals surface area (Å²) >= 11 is 5.16. The number of unbranched alkanes of at least 4 members (excludes halogenated alkanes) is 1. The van der Waals surface area contributed by atoms with Crippen molar-refractivity contribution in [1.29, 1.82) is 0 Å². The van der Waals surface area contributed by atoms with Crippen LogP contribution >= 0.6 is 22.9 Å². The van der Waals surface area contributed by atoms with Crippen LogP contribution in [0, 0.1) is 0 Å². The average molecular weight is 688 g/mol. The number of alkyl halides is 1. The maximum Gasteiger partial charge on any atom is 0.413 e. The number of fused-ring (bicyclic) bond motifs is 1. The molecule has 19 heteroatoms. The summed E-state index contributed by atoms with van der Waals surface area (Å²) in [6, 6.07) is -1.31. The van der Waals surface area contributed by atoms with E-state index in [1.165, 1.54) is 19.2 Å². The van der Waals surface area contributed by atoms with Gasteiger partial charge in [0.1, 0.15) is 22.7 Å². The van der Waals surface area contributed by atoms with Crippen molar-refractivity contribution in [3.8, 4) is 0 Å². The number of anilines is 1. The third-order valence-corrected chi connectivity index (χ3v) is 8.92. The van der Waals surface area contributed by atoms with Gasteiger partial charge < -0.3 is 28.8 Å². The van der Waals surface area contributed by atoms with Gasteiger partial charge in [-0.25, -0.2) is 19.4 Å². The first-order valence-electron chi connectivity index (χ1n) is 13.8. The van der Waals surface area contributed by atoms with Crippen molar-refractivity contribution in [2.45, 2.75) is 77.0 Å². The van der Waals surface area contributed by atoms with Crippen LogP contribution in [0.3, 0.4) is 0 Å². The molecule has 1 aromatic heterocycles. The van der Waals surface area contributed by atoms with E-state index in [1.807, 2.05) is 6.92 Å². The molecule has 1 fully saturated rings. The molecule has 3 heterocycles. The topological polar surface area (TPSA) is 198 Å².